The molecule has 118 valence electrons. The van der Waals surface area contributed by atoms with E-state index in [1.165, 1.54) is 0 Å². The van der Waals surface area contributed by atoms with Gasteiger partial charge in [-0.15, -0.1) is 0 Å². The molecule has 0 aliphatic rings. The van der Waals surface area contributed by atoms with Crippen LogP contribution in [0.5, 0.6) is 17.2 Å². The van der Waals surface area contributed by atoms with Crippen molar-refractivity contribution in [2.75, 3.05) is 26.2 Å². The van der Waals surface area contributed by atoms with Crippen molar-refractivity contribution < 1.29 is 9.47 Å². The second-order valence-electron chi connectivity index (χ2n) is 4.88. The first-order chi connectivity index (χ1) is 10.7. The number of benzene rings is 2. The Balaban J connectivity index is 1.99. The smallest absolute Gasteiger partial charge is 0.169 e. The Kier molecular flexibility index (Phi) is 6.56. The largest absolute Gasteiger partial charge is 0.488 e. The summed E-state index contributed by atoms with van der Waals surface area (Å²) in [7, 11) is 0. The highest BCUT2D eigenvalue weighted by Crippen LogP contribution is 2.31. The summed E-state index contributed by atoms with van der Waals surface area (Å²) in [5, 5.41) is 0.691. The van der Waals surface area contributed by atoms with Crippen molar-refractivity contribution in [3.8, 4) is 17.2 Å². The lowest BCUT2D eigenvalue weighted by atomic mass is 10.3. The van der Waals surface area contributed by atoms with E-state index in [1.807, 2.05) is 36.4 Å². The molecule has 0 radical (unpaired) electrons. The standard InChI is InChI=1S/C18H22ClNO2/c1-3-20(4-2)13-14-21-17-7-5-6-8-18(17)22-16-11-9-15(19)10-12-16/h5-12H,3-4,13-14H2,1-2H3. The molecule has 0 unspecified atom stereocenters. The van der Waals surface area contributed by atoms with Crippen LogP contribution >= 0.6 is 11.6 Å². The summed E-state index contributed by atoms with van der Waals surface area (Å²) < 4.78 is 11.8. The Labute approximate surface area is 137 Å². The van der Waals surface area contributed by atoms with Crippen LogP contribution in [-0.4, -0.2) is 31.1 Å². The SMILES string of the molecule is CCN(CC)CCOc1ccccc1Oc1ccc(Cl)cc1. The Bertz CT molecular complexity index is 568. The molecule has 0 bridgehead atoms. The van der Waals surface area contributed by atoms with E-state index in [1.54, 1.807) is 12.1 Å². The normalized spacial score (nSPS) is 10.7. The molecule has 4 heteroatoms. The Morgan fingerprint density at radius 2 is 1.55 bits per heavy atom. The molecule has 2 aromatic carbocycles. The summed E-state index contributed by atoms with van der Waals surface area (Å²) in [6.07, 6.45) is 0. The zero-order valence-corrected chi connectivity index (χ0v) is 13.8. The zero-order valence-electron chi connectivity index (χ0n) is 13.1. The summed E-state index contributed by atoms with van der Waals surface area (Å²) in [6.45, 7) is 7.92. The van der Waals surface area contributed by atoms with E-state index in [0.29, 0.717) is 17.4 Å². The third-order valence-electron chi connectivity index (χ3n) is 3.45. The van der Waals surface area contributed by atoms with Gasteiger partial charge >= 0.3 is 0 Å². The molecule has 0 atom stereocenters. The number of likely N-dealkylation sites (N-methyl/N-ethyl adjacent to an activating group) is 1. The van der Waals surface area contributed by atoms with E-state index in [0.717, 1.165) is 31.1 Å². The van der Waals surface area contributed by atoms with Gasteiger partial charge in [0.1, 0.15) is 12.4 Å². The molecule has 0 N–H and O–H groups in total. The number of hydrogen-bond donors (Lipinski definition) is 0. The molecule has 0 aliphatic carbocycles. The van der Waals surface area contributed by atoms with E-state index in [2.05, 4.69) is 18.7 Å². The fraction of sp³-hybridized carbons (Fsp3) is 0.333. The molecule has 0 aliphatic heterocycles. The monoisotopic (exact) mass is 319 g/mol. The van der Waals surface area contributed by atoms with Crippen LogP contribution in [0.1, 0.15) is 13.8 Å². The van der Waals surface area contributed by atoms with Crippen LogP contribution in [0.25, 0.3) is 0 Å². The summed E-state index contributed by atoms with van der Waals surface area (Å²) in [5.74, 6) is 2.21. The Morgan fingerprint density at radius 3 is 2.18 bits per heavy atom. The van der Waals surface area contributed by atoms with E-state index in [9.17, 15) is 0 Å². The van der Waals surface area contributed by atoms with Gasteiger partial charge in [0.15, 0.2) is 11.5 Å². The highest BCUT2D eigenvalue weighted by atomic mass is 35.5. The van der Waals surface area contributed by atoms with Gasteiger partial charge in [-0.05, 0) is 49.5 Å². The van der Waals surface area contributed by atoms with Gasteiger partial charge < -0.3 is 14.4 Å². The second kappa shape index (κ2) is 8.66. The number of nitrogens with zero attached hydrogens (tertiary/aromatic N) is 1. The van der Waals surface area contributed by atoms with Crippen LogP contribution in [0, 0.1) is 0 Å². The summed E-state index contributed by atoms with van der Waals surface area (Å²) in [6, 6.07) is 15.0. The Hall–Kier alpha value is -1.71. The summed E-state index contributed by atoms with van der Waals surface area (Å²) >= 11 is 5.89. The molecule has 0 amide bonds. The van der Waals surface area contributed by atoms with Gasteiger partial charge in [-0.1, -0.05) is 37.6 Å². The molecule has 3 nitrogen and oxygen atoms in total. The lowest BCUT2D eigenvalue weighted by Crippen LogP contribution is -2.27. The molecular weight excluding hydrogens is 298 g/mol. The number of hydrogen-bond acceptors (Lipinski definition) is 3. The average molecular weight is 320 g/mol. The molecule has 0 aromatic heterocycles. The maximum Gasteiger partial charge on any atom is 0.169 e. The summed E-state index contributed by atoms with van der Waals surface area (Å²) in [4.78, 5) is 2.32. The van der Waals surface area contributed by atoms with E-state index >= 15 is 0 Å². The number of rotatable bonds is 8. The minimum atomic E-state index is 0.642. The fourth-order valence-electron chi connectivity index (χ4n) is 2.11. The molecule has 22 heavy (non-hydrogen) atoms. The van der Waals surface area contributed by atoms with Crippen molar-refractivity contribution in [3.05, 3.63) is 53.6 Å². The van der Waals surface area contributed by atoms with Gasteiger partial charge in [-0.3, -0.25) is 0 Å². The fourth-order valence-corrected chi connectivity index (χ4v) is 2.23. The molecule has 0 spiro atoms. The van der Waals surface area contributed by atoms with Gasteiger partial charge in [-0.2, -0.15) is 0 Å². The van der Waals surface area contributed by atoms with Crippen LogP contribution in [0.4, 0.5) is 0 Å². The molecule has 0 saturated heterocycles. The van der Waals surface area contributed by atoms with Crippen molar-refractivity contribution in [1.82, 2.24) is 4.90 Å². The average Bonchev–Trinajstić information content (AvgIpc) is 2.55. The van der Waals surface area contributed by atoms with Crippen molar-refractivity contribution >= 4 is 11.6 Å². The van der Waals surface area contributed by atoms with Gasteiger partial charge in [-0.25, -0.2) is 0 Å². The van der Waals surface area contributed by atoms with Crippen LogP contribution in [0.3, 0.4) is 0 Å². The first-order valence-electron chi connectivity index (χ1n) is 7.60. The summed E-state index contributed by atoms with van der Waals surface area (Å²) in [5.41, 5.74) is 0. The quantitative estimate of drug-likeness (QED) is 0.694. The number of para-hydroxylation sites is 2. The molecule has 2 aromatic rings. The van der Waals surface area contributed by atoms with Crippen molar-refractivity contribution in [3.63, 3.8) is 0 Å². The molecule has 0 fully saturated rings. The topological polar surface area (TPSA) is 21.7 Å². The predicted molar refractivity (Wildman–Crippen MR) is 91.3 cm³/mol. The van der Waals surface area contributed by atoms with Gasteiger partial charge in [0.2, 0.25) is 0 Å². The van der Waals surface area contributed by atoms with E-state index < -0.39 is 0 Å². The molecular formula is C18H22ClNO2. The third-order valence-corrected chi connectivity index (χ3v) is 3.70. The molecule has 0 saturated carbocycles. The second-order valence-corrected chi connectivity index (χ2v) is 5.31. The predicted octanol–water partition coefficient (Wildman–Crippen LogP) is 4.85. The van der Waals surface area contributed by atoms with Crippen molar-refractivity contribution in [2.45, 2.75) is 13.8 Å². The van der Waals surface area contributed by atoms with Crippen LogP contribution in [0.15, 0.2) is 48.5 Å². The van der Waals surface area contributed by atoms with Crippen LogP contribution < -0.4 is 9.47 Å². The first kappa shape index (κ1) is 16.7. The van der Waals surface area contributed by atoms with E-state index in [4.69, 9.17) is 21.1 Å². The highest BCUT2D eigenvalue weighted by Gasteiger charge is 2.06. The molecule has 2 rings (SSSR count). The number of halogens is 1. The highest BCUT2D eigenvalue weighted by molar-refractivity contribution is 6.30. The van der Waals surface area contributed by atoms with Crippen LogP contribution in [0.2, 0.25) is 5.02 Å². The minimum Gasteiger partial charge on any atom is -0.488 e. The lowest BCUT2D eigenvalue weighted by molar-refractivity contribution is 0.218. The van der Waals surface area contributed by atoms with Crippen molar-refractivity contribution in [1.29, 1.82) is 0 Å². The van der Waals surface area contributed by atoms with Gasteiger partial charge in [0.25, 0.3) is 0 Å². The maximum atomic E-state index is 5.89. The van der Waals surface area contributed by atoms with Crippen LogP contribution in [-0.2, 0) is 0 Å². The third kappa shape index (κ3) is 4.93. The zero-order chi connectivity index (χ0) is 15.8. The van der Waals surface area contributed by atoms with Gasteiger partial charge in [0.05, 0.1) is 0 Å². The first-order valence-corrected chi connectivity index (χ1v) is 7.98. The van der Waals surface area contributed by atoms with Gasteiger partial charge in [0, 0.05) is 11.6 Å². The number of ether oxygens (including phenoxy) is 2. The van der Waals surface area contributed by atoms with E-state index in [-0.39, 0.29) is 0 Å². The Morgan fingerprint density at radius 1 is 0.909 bits per heavy atom. The minimum absolute atomic E-state index is 0.642. The van der Waals surface area contributed by atoms with Crippen molar-refractivity contribution in [2.24, 2.45) is 0 Å². The lowest BCUT2D eigenvalue weighted by Gasteiger charge is -2.19. The molecule has 0 heterocycles. The maximum absolute atomic E-state index is 5.89.